The Hall–Kier alpha value is -2.36. The fraction of sp³-hybridized carbons (Fsp3) is 0.200. The van der Waals surface area contributed by atoms with Gasteiger partial charge in [0.25, 0.3) is 0 Å². The average Bonchev–Trinajstić information content (AvgIpc) is 2.41. The number of aromatic nitrogens is 1. The number of esters is 1. The van der Waals surface area contributed by atoms with Gasteiger partial charge in [0, 0.05) is 18.1 Å². The summed E-state index contributed by atoms with van der Waals surface area (Å²) in [5.74, 6) is 0.763. The first kappa shape index (κ1) is 13.1. The maximum Gasteiger partial charge on any atom is 0.309 e. The number of ether oxygens (including phenoxy) is 2. The Balaban J connectivity index is 2.36. The quantitative estimate of drug-likeness (QED) is 0.793. The molecule has 0 amide bonds. The summed E-state index contributed by atoms with van der Waals surface area (Å²) in [6.45, 7) is 3.21. The number of aryl methyl sites for hydroxylation is 1. The van der Waals surface area contributed by atoms with Gasteiger partial charge in [-0.1, -0.05) is 6.07 Å². The van der Waals surface area contributed by atoms with Crippen LogP contribution in [0.15, 0.2) is 36.4 Å². The zero-order chi connectivity index (χ0) is 13.8. The average molecular weight is 257 g/mol. The molecule has 0 atom stereocenters. The van der Waals surface area contributed by atoms with Crippen molar-refractivity contribution < 1.29 is 14.3 Å². The van der Waals surface area contributed by atoms with Crippen LogP contribution in [0.25, 0.3) is 11.3 Å². The molecule has 98 valence electrons. The largest absolute Gasteiger partial charge is 0.497 e. The second kappa shape index (κ2) is 5.52. The fourth-order valence-corrected chi connectivity index (χ4v) is 1.67. The molecular weight excluding hydrogens is 242 g/mol. The Bertz CT molecular complexity index is 591. The highest BCUT2D eigenvalue weighted by Crippen LogP contribution is 2.24. The summed E-state index contributed by atoms with van der Waals surface area (Å²) in [6.07, 6.45) is 0. The van der Waals surface area contributed by atoms with Gasteiger partial charge in [-0.15, -0.1) is 0 Å². The third-order valence-corrected chi connectivity index (χ3v) is 2.68. The first-order valence-electron chi connectivity index (χ1n) is 5.90. The Morgan fingerprint density at radius 2 is 1.79 bits per heavy atom. The summed E-state index contributed by atoms with van der Waals surface area (Å²) in [6, 6.07) is 11.3. The summed E-state index contributed by atoms with van der Waals surface area (Å²) in [4.78, 5) is 15.4. The molecule has 19 heavy (non-hydrogen) atoms. The van der Waals surface area contributed by atoms with Gasteiger partial charge in [0.05, 0.1) is 12.8 Å². The van der Waals surface area contributed by atoms with E-state index < -0.39 is 0 Å². The zero-order valence-electron chi connectivity index (χ0n) is 11.1. The van der Waals surface area contributed by atoms with Gasteiger partial charge in [-0.05, 0) is 37.3 Å². The standard InChI is InChI=1S/C15H15NO3/c1-10-4-9-14(16-15(10)19-11(2)17)12-5-7-13(18-3)8-6-12/h4-9H,1-3H3. The summed E-state index contributed by atoms with van der Waals surface area (Å²) >= 11 is 0. The smallest absolute Gasteiger partial charge is 0.309 e. The molecule has 0 aliphatic rings. The molecule has 4 heteroatoms. The lowest BCUT2D eigenvalue weighted by molar-refractivity contribution is -0.132. The molecule has 0 N–H and O–H groups in total. The molecule has 1 aromatic heterocycles. The van der Waals surface area contributed by atoms with Crippen LogP contribution in [0, 0.1) is 6.92 Å². The van der Waals surface area contributed by atoms with Gasteiger partial charge in [-0.25, -0.2) is 4.98 Å². The molecule has 1 heterocycles. The topological polar surface area (TPSA) is 48.4 Å². The van der Waals surface area contributed by atoms with E-state index in [0.29, 0.717) is 5.88 Å². The molecule has 0 unspecified atom stereocenters. The van der Waals surface area contributed by atoms with Gasteiger partial charge in [-0.3, -0.25) is 4.79 Å². The number of benzene rings is 1. The predicted octanol–water partition coefficient (Wildman–Crippen LogP) is 2.99. The zero-order valence-corrected chi connectivity index (χ0v) is 11.1. The number of methoxy groups -OCH3 is 1. The molecule has 0 fully saturated rings. The Morgan fingerprint density at radius 1 is 1.11 bits per heavy atom. The van der Waals surface area contributed by atoms with Gasteiger partial charge < -0.3 is 9.47 Å². The molecular formula is C15H15NO3. The van der Waals surface area contributed by atoms with E-state index in [-0.39, 0.29) is 5.97 Å². The summed E-state index contributed by atoms with van der Waals surface area (Å²) < 4.78 is 10.2. The van der Waals surface area contributed by atoms with Crippen molar-refractivity contribution in [1.82, 2.24) is 4.98 Å². The third kappa shape index (κ3) is 3.10. The van der Waals surface area contributed by atoms with Crippen molar-refractivity contribution in [2.75, 3.05) is 7.11 Å². The van der Waals surface area contributed by atoms with Crippen LogP contribution in [-0.4, -0.2) is 18.1 Å². The highest BCUT2D eigenvalue weighted by atomic mass is 16.5. The van der Waals surface area contributed by atoms with Crippen molar-refractivity contribution in [3.8, 4) is 22.9 Å². The first-order chi connectivity index (χ1) is 9.10. The molecule has 0 bridgehead atoms. The Labute approximate surface area is 112 Å². The van der Waals surface area contributed by atoms with Gasteiger partial charge in [-0.2, -0.15) is 0 Å². The normalized spacial score (nSPS) is 10.1. The molecule has 0 aliphatic carbocycles. The highest BCUT2D eigenvalue weighted by molar-refractivity contribution is 5.70. The molecule has 2 aromatic rings. The molecule has 0 radical (unpaired) electrons. The number of pyridine rings is 1. The highest BCUT2D eigenvalue weighted by Gasteiger charge is 2.07. The minimum absolute atomic E-state index is 0.348. The second-order valence-electron chi connectivity index (χ2n) is 4.14. The van der Waals surface area contributed by atoms with Crippen molar-refractivity contribution in [2.45, 2.75) is 13.8 Å². The van der Waals surface area contributed by atoms with Crippen LogP contribution in [0.4, 0.5) is 0 Å². The second-order valence-corrected chi connectivity index (χ2v) is 4.14. The van der Waals surface area contributed by atoms with Gasteiger partial charge in [0.2, 0.25) is 5.88 Å². The lowest BCUT2D eigenvalue weighted by Gasteiger charge is -2.07. The summed E-state index contributed by atoms with van der Waals surface area (Å²) in [5.41, 5.74) is 2.52. The van der Waals surface area contributed by atoms with Crippen LogP contribution in [-0.2, 0) is 4.79 Å². The van der Waals surface area contributed by atoms with Crippen LogP contribution in [0.2, 0.25) is 0 Å². The molecule has 1 aromatic carbocycles. The third-order valence-electron chi connectivity index (χ3n) is 2.68. The monoisotopic (exact) mass is 257 g/mol. The SMILES string of the molecule is COc1ccc(-c2ccc(C)c(OC(C)=O)n2)cc1. The van der Waals surface area contributed by atoms with Crippen molar-refractivity contribution in [2.24, 2.45) is 0 Å². The summed E-state index contributed by atoms with van der Waals surface area (Å²) in [7, 11) is 1.62. The lowest BCUT2D eigenvalue weighted by atomic mass is 10.1. The van der Waals surface area contributed by atoms with Crippen LogP contribution in [0.3, 0.4) is 0 Å². The molecule has 0 saturated heterocycles. The van der Waals surface area contributed by atoms with Crippen LogP contribution >= 0.6 is 0 Å². The van der Waals surface area contributed by atoms with E-state index in [1.165, 1.54) is 6.92 Å². The molecule has 0 saturated carbocycles. The van der Waals surface area contributed by atoms with E-state index in [9.17, 15) is 4.79 Å². The first-order valence-corrected chi connectivity index (χ1v) is 5.90. The van der Waals surface area contributed by atoms with Crippen LogP contribution < -0.4 is 9.47 Å². The maximum absolute atomic E-state index is 11.0. The minimum atomic E-state index is -0.373. The van der Waals surface area contributed by atoms with E-state index in [1.807, 2.05) is 43.3 Å². The van der Waals surface area contributed by atoms with Crippen molar-refractivity contribution >= 4 is 5.97 Å². The number of hydrogen-bond donors (Lipinski definition) is 0. The van der Waals surface area contributed by atoms with Gasteiger partial charge in [0.1, 0.15) is 5.75 Å². The molecule has 0 spiro atoms. The van der Waals surface area contributed by atoms with Gasteiger partial charge >= 0.3 is 5.97 Å². The maximum atomic E-state index is 11.0. The molecule has 2 rings (SSSR count). The van der Waals surface area contributed by atoms with Crippen LogP contribution in [0.5, 0.6) is 11.6 Å². The lowest BCUT2D eigenvalue weighted by Crippen LogP contribution is -2.05. The van der Waals surface area contributed by atoms with E-state index in [0.717, 1.165) is 22.6 Å². The van der Waals surface area contributed by atoms with Crippen molar-refractivity contribution in [1.29, 1.82) is 0 Å². The van der Waals surface area contributed by atoms with E-state index in [4.69, 9.17) is 9.47 Å². The van der Waals surface area contributed by atoms with E-state index in [1.54, 1.807) is 7.11 Å². The Kier molecular flexibility index (Phi) is 3.80. The van der Waals surface area contributed by atoms with E-state index in [2.05, 4.69) is 4.98 Å². The molecule has 4 nitrogen and oxygen atoms in total. The molecule has 0 aliphatic heterocycles. The number of carbonyl (C=O) groups excluding carboxylic acids is 1. The Morgan fingerprint density at radius 3 is 2.37 bits per heavy atom. The van der Waals surface area contributed by atoms with Crippen molar-refractivity contribution in [3.05, 3.63) is 42.0 Å². The fourth-order valence-electron chi connectivity index (χ4n) is 1.67. The minimum Gasteiger partial charge on any atom is -0.497 e. The van der Waals surface area contributed by atoms with Crippen molar-refractivity contribution in [3.63, 3.8) is 0 Å². The number of nitrogens with zero attached hydrogens (tertiary/aromatic N) is 1. The summed E-state index contributed by atoms with van der Waals surface area (Å²) in [5, 5.41) is 0. The van der Waals surface area contributed by atoms with Gasteiger partial charge in [0.15, 0.2) is 0 Å². The predicted molar refractivity (Wildman–Crippen MR) is 72.3 cm³/mol. The number of hydrogen-bond acceptors (Lipinski definition) is 4. The van der Waals surface area contributed by atoms with Crippen LogP contribution in [0.1, 0.15) is 12.5 Å². The van der Waals surface area contributed by atoms with E-state index >= 15 is 0 Å². The number of carbonyl (C=O) groups is 1. The number of rotatable bonds is 3.